The number of carbonyl (C=O) groups is 2. The summed E-state index contributed by atoms with van der Waals surface area (Å²) in [6.07, 6.45) is 1.79. The Morgan fingerprint density at radius 2 is 2.11 bits per heavy atom. The highest BCUT2D eigenvalue weighted by molar-refractivity contribution is 5.82. The lowest BCUT2D eigenvalue weighted by atomic mass is 10.00. The number of morpholine rings is 1. The number of pyridine rings is 1. The summed E-state index contributed by atoms with van der Waals surface area (Å²) >= 11 is 0. The minimum Gasteiger partial charge on any atom is -0.479 e. The van der Waals surface area contributed by atoms with Gasteiger partial charge in [0.05, 0.1) is 19.3 Å². The molecular formula is C19H26N4O4. The molecule has 2 aromatic rings. The molecule has 1 aliphatic rings. The number of aliphatic carboxylic acids is 1. The van der Waals surface area contributed by atoms with Crippen LogP contribution in [0.15, 0.2) is 6.20 Å². The largest absolute Gasteiger partial charge is 0.479 e. The molecule has 146 valence electrons. The summed E-state index contributed by atoms with van der Waals surface area (Å²) in [6.45, 7) is 8.92. The zero-order valence-corrected chi connectivity index (χ0v) is 16.2. The maximum absolute atomic E-state index is 12.6. The van der Waals surface area contributed by atoms with Gasteiger partial charge in [0.2, 0.25) is 5.91 Å². The van der Waals surface area contributed by atoms with Gasteiger partial charge >= 0.3 is 5.97 Å². The molecule has 3 rings (SSSR count). The van der Waals surface area contributed by atoms with Crippen molar-refractivity contribution in [3.05, 3.63) is 23.0 Å². The van der Waals surface area contributed by atoms with Gasteiger partial charge in [0.1, 0.15) is 0 Å². The Morgan fingerprint density at radius 1 is 1.37 bits per heavy atom. The lowest BCUT2D eigenvalue weighted by molar-refractivity contribution is -0.159. The molecule has 1 atom stereocenters. The van der Waals surface area contributed by atoms with Crippen molar-refractivity contribution in [3.63, 3.8) is 0 Å². The quantitative estimate of drug-likeness (QED) is 0.858. The van der Waals surface area contributed by atoms with Crippen molar-refractivity contribution in [2.75, 3.05) is 19.7 Å². The zero-order chi connectivity index (χ0) is 19.7. The Balaban J connectivity index is 1.75. The summed E-state index contributed by atoms with van der Waals surface area (Å²) in [5, 5.41) is 14.5. The molecule has 1 fully saturated rings. The molecule has 1 saturated heterocycles. The summed E-state index contributed by atoms with van der Waals surface area (Å²) in [5.74, 6) is -1.09. The van der Waals surface area contributed by atoms with E-state index in [0.29, 0.717) is 19.4 Å². The van der Waals surface area contributed by atoms with E-state index in [4.69, 9.17) is 14.8 Å². The second-order valence-corrected chi connectivity index (χ2v) is 7.26. The van der Waals surface area contributed by atoms with Gasteiger partial charge in [-0.2, -0.15) is 5.10 Å². The predicted octanol–water partition coefficient (Wildman–Crippen LogP) is 1.87. The molecule has 0 saturated carbocycles. The number of nitrogens with zero attached hydrogens (tertiary/aromatic N) is 4. The number of aryl methyl sites for hydroxylation is 2. The number of ether oxygens (including phenoxy) is 1. The molecule has 1 aliphatic heterocycles. The number of aromatic nitrogens is 3. The van der Waals surface area contributed by atoms with Crippen LogP contribution in [0.1, 0.15) is 43.1 Å². The molecule has 0 spiro atoms. The maximum Gasteiger partial charge on any atom is 0.334 e. The lowest BCUT2D eigenvalue weighted by Gasteiger charge is -2.31. The van der Waals surface area contributed by atoms with Gasteiger partial charge in [0.25, 0.3) is 0 Å². The number of carboxylic acids is 1. The monoisotopic (exact) mass is 374 g/mol. The Bertz CT molecular complexity index is 874. The topological polar surface area (TPSA) is 97.5 Å². The van der Waals surface area contributed by atoms with Crippen molar-refractivity contribution in [2.45, 2.75) is 52.7 Å². The third-order valence-corrected chi connectivity index (χ3v) is 5.11. The molecule has 0 radical (unpaired) electrons. The highest BCUT2D eigenvalue weighted by Gasteiger charge is 2.29. The van der Waals surface area contributed by atoms with Crippen LogP contribution in [0, 0.1) is 13.8 Å². The van der Waals surface area contributed by atoms with Crippen LogP contribution in [-0.4, -0.2) is 62.4 Å². The van der Waals surface area contributed by atoms with Gasteiger partial charge in [-0.3, -0.25) is 4.79 Å². The fraction of sp³-hybridized carbons (Fsp3) is 0.579. The number of carboxylic acid groups (broad SMARTS) is 1. The molecule has 3 heterocycles. The minimum atomic E-state index is -1.03. The van der Waals surface area contributed by atoms with E-state index in [-0.39, 0.29) is 25.1 Å². The Kier molecular flexibility index (Phi) is 5.46. The Labute approximate surface area is 158 Å². The highest BCUT2D eigenvalue weighted by Crippen LogP contribution is 2.25. The van der Waals surface area contributed by atoms with E-state index in [1.807, 2.05) is 24.7 Å². The van der Waals surface area contributed by atoms with Crippen LogP contribution in [0.5, 0.6) is 0 Å². The molecule has 1 amide bonds. The first-order chi connectivity index (χ1) is 12.8. The summed E-state index contributed by atoms with van der Waals surface area (Å²) in [7, 11) is 0. The third-order valence-electron chi connectivity index (χ3n) is 5.11. The summed E-state index contributed by atoms with van der Waals surface area (Å²) in [5.41, 5.74) is 3.93. The van der Waals surface area contributed by atoms with Crippen LogP contribution in [-0.2, 0) is 20.7 Å². The molecule has 0 aliphatic carbocycles. The van der Waals surface area contributed by atoms with E-state index in [9.17, 15) is 9.59 Å². The van der Waals surface area contributed by atoms with Gasteiger partial charge in [-0.25, -0.2) is 14.5 Å². The van der Waals surface area contributed by atoms with E-state index in [0.717, 1.165) is 27.9 Å². The van der Waals surface area contributed by atoms with Crippen LogP contribution in [0.3, 0.4) is 0 Å². The van der Waals surface area contributed by atoms with Gasteiger partial charge in [-0.1, -0.05) is 0 Å². The zero-order valence-electron chi connectivity index (χ0n) is 16.2. The van der Waals surface area contributed by atoms with Crippen LogP contribution in [0.2, 0.25) is 0 Å². The molecule has 27 heavy (non-hydrogen) atoms. The molecule has 0 aromatic carbocycles. The van der Waals surface area contributed by atoms with Gasteiger partial charge in [0.15, 0.2) is 11.8 Å². The molecule has 0 bridgehead atoms. The van der Waals surface area contributed by atoms with Gasteiger partial charge in [-0.05, 0) is 45.2 Å². The second kappa shape index (κ2) is 7.64. The third kappa shape index (κ3) is 3.80. The first-order valence-corrected chi connectivity index (χ1v) is 9.25. The van der Waals surface area contributed by atoms with Crippen LogP contribution >= 0.6 is 0 Å². The first-order valence-electron chi connectivity index (χ1n) is 9.25. The number of amides is 1. The molecule has 8 nitrogen and oxygen atoms in total. The number of rotatable bonds is 5. The number of hydrogen-bond acceptors (Lipinski definition) is 5. The standard InChI is InChI=1S/C19H26N4O4/c1-11(2)23-18-15(9-20-23)12(3)14(13(4)21-18)5-6-17(24)22-7-8-27-16(10-22)19(25)26/h9,11,16H,5-8,10H2,1-4H3,(H,25,26). The average molecular weight is 374 g/mol. The minimum absolute atomic E-state index is 0.0543. The summed E-state index contributed by atoms with van der Waals surface area (Å²) in [4.78, 5) is 29.9. The fourth-order valence-corrected chi connectivity index (χ4v) is 3.55. The molecular weight excluding hydrogens is 348 g/mol. The molecule has 1 N–H and O–H groups in total. The van der Waals surface area contributed by atoms with E-state index in [2.05, 4.69) is 18.9 Å². The van der Waals surface area contributed by atoms with Crippen molar-refractivity contribution in [1.29, 1.82) is 0 Å². The summed E-state index contributed by atoms with van der Waals surface area (Å²) < 4.78 is 7.08. The number of hydrogen-bond donors (Lipinski definition) is 1. The Hall–Kier alpha value is -2.48. The Morgan fingerprint density at radius 3 is 2.78 bits per heavy atom. The summed E-state index contributed by atoms with van der Waals surface area (Å²) in [6, 6.07) is 0.227. The van der Waals surface area contributed by atoms with E-state index < -0.39 is 12.1 Å². The average Bonchev–Trinajstić information content (AvgIpc) is 3.05. The fourth-order valence-electron chi connectivity index (χ4n) is 3.55. The SMILES string of the molecule is Cc1nc2c(cnn2C(C)C)c(C)c1CCC(=O)N1CCOC(C(=O)O)C1. The van der Waals surface area contributed by atoms with Gasteiger partial charge < -0.3 is 14.7 Å². The van der Waals surface area contributed by atoms with Crippen LogP contribution in [0.25, 0.3) is 11.0 Å². The lowest BCUT2D eigenvalue weighted by Crippen LogP contribution is -2.48. The van der Waals surface area contributed by atoms with E-state index >= 15 is 0 Å². The van der Waals surface area contributed by atoms with Crippen LogP contribution < -0.4 is 0 Å². The van der Waals surface area contributed by atoms with Gasteiger partial charge in [0, 0.05) is 30.1 Å². The maximum atomic E-state index is 12.6. The number of carbonyl (C=O) groups excluding carboxylic acids is 1. The highest BCUT2D eigenvalue weighted by atomic mass is 16.5. The predicted molar refractivity (Wildman–Crippen MR) is 99.7 cm³/mol. The van der Waals surface area contributed by atoms with Crippen molar-refractivity contribution < 1.29 is 19.4 Å². The molecule has 8 heteroatoms. The van der Waals surface area contributed by atoms with Crippen LogP contribution in [0.4, 0.5) is 0 Å². The van der Waals surface area contributed by atoms with Crippen molar-refractivity contribution in [2.24, 2.45) is 0 Å². The molecule has 1 unspecified atom stereocenters. The van der Waals surface area contributed by atoms with Gasteiger partial charge in [-0.15, -0.1) is 0 Å². The first kappa shape index (κ1) is 19.3. The smallest absolute Gasteiger partial charge is 0.334 e. The second-order valence-electron chi connectivity index (χ2n) is 7.26. The normalized spacial score (nSPS) is 17.7. The number of fused-ring (bicyclic) bond motifs is 1. The van der Waals surface area contributed by atoms with E-state index in [1.165, 1.54) is 0 Å². The van der Waals surface area contributed by atoms with Crippen molar-refractivity contribution in [1.82, 2.24) is 19.7 Å². The molecule has 2 aromatic heterocycles. The van der Waals surface area contributed by atoms with E-state index in [1.54, 1.807) is 4.90 Å². The van der Waals surface area contributed by atoms with Crippen molar-refractivity contribution in [3.8, 4) is 0 Å². The van der Waals surface area contributed by atoms with Crippen molar-refractivity contribution >= 4 is 22.9 Å².